The van der Waals surface area contributed by atoms with E-state index in [0.29, 0.717) is 18.1 Å². The molecule has 2 fully saturated rings. The molecular weight excluding hydrogens is 330 g/mol. The van der Waals surface area contributed by atoms with Crippen LogP contribution >= 0.6 is 0 Å². The third-order valence-electron chi connectivity index (χ3n) is 5.08. The zero-order valence-electron chi connectivity index (χ0n) is 13.5. The Balaban J connectivity index is 1.35. The first-order chi connectivity index (χ1) is 11.4. The molecule has 2 saturated carbocycles. The highest BCUT2D eigenvalue weighted by Crippen LogP contribution is 2.49. The van der Waals surface area contributed by atoms with Crippen molar-refractivity contribution in [2.75, 3.05) is 13.2 Å². The lowest BCUT2D eigenvalue weighted by atomic mass is 9.86. The van der Waals surface area contributed by atoms with Crippen molar-refractivity contribution in [1.82, 2.24) is 0 Å². The minimum atomic E-state index is -3.70. The SMILES string of the molecule is NS(=O)(=O)c1ccc(OCCOC(=O)C[C@H]2C[C@@H]3CC[C@@H]2C3)cc1. The van der Waals surface area contributed by atoms with E-state index in [9.17, 15) is 13.2 Å². The van der Waals surface area contributed by atoms with Crippen LogP contribution < -0.4 is 9.88 Å². The predicted molar refractivity (Wildman–Crippen MR) is 87.8 cm³/mol. The van der Waals surface area contributed by atoms with E-state index >= 15 is 0 Å². The van der Waals surface area contributed by atoms with Crippen LogP contribution in [0, 0.1) is 17.8 Å². The fourth-order valence-corrected chi connectivity index (χ4v) is 4.46. The van der Waals surface area contributed by atoms with Gasteiger partial charge in [-0.1, -0.05) is 6.42 Å². The quantitative estimate of drug-likeness (QED) is 0.598. The lowest BCUT2D eigenvalue weighted by molar-refractivity contribution is -0.145. The molecule has 0 radical (unpaired) electrons. The molecule has 0 saturated heterocycles. The summed E-state index contributed by atoms with van der Waals surface area (Å²) in [5, 5.41) is 5.03. The maximum absolute atomic E-state index is 11.9. The Morgan fingerprint density at radius 1 is 1.12 bits per heavy atom. The molecule has 2 bridgehead atoms. The zero-order valence-corrected chi connectivity index (χ0v) is 14.3. The van der Waals surface area contributed by atoms with E-state index in [-0.39, 0.29) is 24.1 Å². The lowest BCUT2D eigenvalue weighted by Gasteiger charge is -2.20. The van der Waals surface area contributed by atoms with Crippen LogP contribution in [0.15, 0.2) is 29.2 Å². The van der Waals surface area contributed by atoms with Crippen molar-refractivity contribution in [2.45, 2.75) is 37.0 Å². The second-order valence-electron chi connectivity index (χ2n) is 6.72. The van der Waals surface area contributed by atoms with Gasteiger partial charge in [0.05, 0.1) is 4.90 Å². The van der Waals surface area contributed by atoms with E-state index < -0.39 is 10.0 Å². The third kappa shape index (κ3) is 4.27. The van der Waals surface area contributed by atoms with Gasteiger partial charge in [-0.15, -0.1) is 0 Å². The van der Waals surface area contributed by atoms with Crippen LogP contribution in [0.25, 0.3) is 0 Å². The Hall–Kier alpha value is -1.60. The standard InChI is InChI=1S/C17H23NO5S/c18-24(20,21)16-5-3-15(4-6-16)22-7-8-23-17(19)11-14-10-12-1-2-13(14)9-12/h3-6,12-14H,1-2,7-11H2,(H2,18,20,21)/t12-,13-,14-/m1/s1. The Bertz CT molecular complexity index is 685. The van der Waals surface area contributed by atoms with Gasteiger partial charge in [-0.05, 0) is 61.3 Å². The number of ether oxygens (including phenoxy) is 2. The molecule has 2 N–H and O–H groups in total. The molecule has 7 heteroatoms. The second kappa shape index (κ2) is 7.11. The molecule has 0 aromatic heterocycles. The largest absolute Gasteiger partial charge is 0.490 e. The molecule has 0 unspecified atom stereocenters. The van der Waals surface area contributed by atoms with Crippen LogP contribution in [0.4, 0.5) is 0 Å². The van der Waals surface area contributed by atoms with Gasteiger partial charge in [0.2, 0.25) is 10.0 Å². The molecule has 24 heavy (non-hydrogen) atoms. The molecule has 132 valence electrons. The highest BCUT2D eigenvalue weighted by Gasteiger charge is 2.40. The van der Waals surface area contributed by atoms with Crippen molar-refractivity contribution < 1.29 is 22.7 Å². The van der Waals surface area contributed by atoms with Crippen molar-refractivity contribution in [3.8, 4) is 5.75 Å². The number of rotatable bonds is 7. The first-order valence-electron chi connectivity index (χ1n) is 8.33. The molecule has 1 aromatic rings. The summed E-state index contributed by atoms with van der Waals surface area (Å²) in [5.74, 6) is 2.41. The lowest BCUT2D eigenvalue weighted by Crippen LogP contribution is -2.19. The molecule has 3 rings (SSSR count). The van der Waals surface area contributed by atoms with Crippen molar-refractivity contribution in [3.63, 3.8) is 0 Å². The van der Waals surface area contributed by atoms with Gasteiger partial charge in [0.15, 0.2) is 0 Å². The van der Waals surface area contributed by atoms with Crippen molar-refractivity contribution in [1.29, 1.82) is 0 Å². The predicted octanol–water partition coefficient (Wildman–Crippen LogP) is 2.08. The average Bonchev–Trinajstić information content (AvgIpc) is 3.14. The molecule has 1 aromatic carbocycles. The second-order valence-corrected chi connectivity index (χ2v) is 8.29. The van der Waals surface area contributed by atoms with Gasteiger partial charge in [0, 0.05) is 6.42 Å². The molecule has 2 aliphatic rings. The number of hydrogen-bond donors (Lipinski definition) is 1. The van der Waals surface area contributed by atoms with Crippen molar-refractivity contribution >= 4 is 16.0 Å². The highest BCUT2D eigenvalue weighted by atomic mass is 32.2. The van der Waals surface area contributed by atoms with Crippen LogP contribution in [-0.2, 0) is 19.6 Å². The number of hydrogen-bond acceptors (Lipinski definition) is 5. The van der Waals surface area contributed by atoms with Gasteiger partial charge in [-0.3, -0.25) is 4.79 Å². The fraction of sp³-hybridized carbons (Fsp3) is 0.588. The van der Waals surface area contributed by atoms with E-state index in [1.165, 1.54) is 49.9 Å². The summed E-state index contributed by atoms with van der Waals surface area (Å²) in [5.41, 5.74) is 0. The number of primary sulfonamides is 1. The monoisotopic (exact) mass is 353 g/mol. The maximum atomic E-state index is 11.9. The van der Waals surface area contributed by atoms with E-state index in [1.54, 1.807) is 0 Å². The molecule has 0 amide bonds. The number of fused-ring (bicyclic) bond motifs is 2. The van der Waals surface area contributed by atoms with Crippen LogP contribution in [0.1, 0.15) is 32.1 Å². The molecule has 0 heterocycles. The van der Waals surface area contributed by atoms with E-state index in [1.807, 2.05) is 0 Å². The van der Waals surface area contributed by atoms with E-state index in [4.69, 9.17) is 14.6 Å². The summed E-state index contributed by atoms with van der Waals surface area (Å²) in [4.78, 5) is 11.9. The molecule has 3 atom stereocenters. The van der Waals surface area contributed by atoms with Crippen LogP contribution in [0.2, 0.25) is 0 Å². The zero-order chi connectivity index (χ0) is 17.2. The van der Waals surface area contributed by atoms with Crippen LogP contribution in [0.3, 0.4) is 0 Å². The van der Waals surface area contributed by atoms with E-state index in [2.05, 4.69) is 0 Å². The third-order valence-corrected chi connectivity index (χ3v) is 6.01. The molecular formula is C17H23NO5S. The number of nitrogens with two attached hydrogens (primary N) is 1. The molecule has 0 aliphatic heterocycles. The fourth-order valence-electron chi connectivity index (χ4n) is 3.94. The molecule has 6 nitrogen and oxygen atoms in total. The first kappa shape index (κ1) is 17.2. The number of carbonyl (C=O) groups is 1. The summed E-state index contributed by atoms with van der Waals surface area (Å²) in [6, 6.07) is 5.81. The number of carbonyl (C=O) groups excluding carboxylic acids is 1. The minimum absolute atomic E-state index is 0.0344. The van der Waals surface area contributed by atoms with Gasteiger partial charge >= 0.3 is 5.97 Å². The Kier molecular flexibility index (Phi) is 5.10. The van der Waals surface area contributed by atoms with Crippen molar-refractivity contribution in [3.05, 3.63) is 24.3 Å². The van der Waals surface area contributed by atoms with Crippen LogP contribution in [0.5, 0.6) is 5.75 Å². The molecule has 2 aliphatic carbocycles. The number of benzene rings is 1. The first-order valence-corrected chi connectivity index (χ1v) is 9.88. The Labute approximate surface area is 142 Å². The highest BCUT2D eigenvalue weighted by molar-refractivity contribution is 7.89. The Morgan fingerprint density at radius 2 is 1.88 bits per heavy atom. The number of sulfonamides is 1. The summed E-state index contributed by atoms with van der Waals surface area (Å²) < 4.78 is 33.0. The van der Waals surface area contributed by atoms with Gasteiger partial charge in [-0.25, -0.2) is 13.6 Å². The van der Waals surface area contributed by atoms with Crippen LogP contribution in [-0.4, -0.2) is 27.6 Å². The Morgan fingerprint density at radius 3 is 2.46 bits per heavy atom. The smallest absolute Gasteiger partial charge is 0.306 e. The van der Waals surface area contributed by atoms with Crippen molar-refractivity contribution in [2.24, 2.45) is 22.9 Å². The average molecular weight is 353 g/mol. The van der Waals surface area contributed by atoms with Gasteiger partial charge in [0.1, 0.15) is 19.0 Å². The maximum Gasteiger partial charge on any atom is 0.306 e. The van der Waals surface area contributed by atoms with Gasteiger partial charge in [-0.2, -0.15) is 0 Å². The normalized spacial score (nSPS) is 25.6. The summed E-state index contributed by atoms with van der Waals surface area (Å²) in [6.45, 7) is 0.424. The number of esters is 1. The van der Waals surface area contributed by atoms with E-state index in [0.717, 1.165) is 11.8 Å². The summed E-state index contributed by atoms with van der Waals surface area (Å²) in [6.07, 6.45) is 5.57. The van der Waals surface area contributed by atoms with Gasteiger partial charge in [0.25, 0.3) is 0 Å². The van der Waals surface area contributed by atoms with Gasteiger partial charge < -0.3 is 9.47 Å². The minimum Gasteiger partial charge on any atom is -0.490 e. The topological polar surface area (TPSA) is 95.7 Å². The summed E-state index contributed by atoms with van der Waals surface area (Å²) in [7, 11) is -3.70. The summed E-state index contributed by atoms with van der Waals surface area (Å²) >= 11 is 0. The molecule has 0 spiro atoms.